The smallest absolute Gasteiger partial charge is 0.337 e. The van der Waals surface area contributed by atoms with Crippen LogP contribution in [0.5, 0.6) is 0 Å². The number of carbonyl (C=O) groups is 4. The van der Waals surface area contributed by atoms with E-state index in [1.165, 1.54) is 72.8 Å². The number of benzene rings is 7. The Balaban J connectivity index is 1.04. The first-order valence-electron chi connectivity index (χ1n) is 19.0. The molecule has 7 rings (SSSR count). The van der Waals surface area contributed by atoms with E-state index < -0.39 is 94.9 Å². The summed E-state index contributed by atoms with van der Waals surface area (Å²) in [6.07, 6.45) is 0. The molecule has 0 spiro atoms. The van der Waals surface area contributed by atoms with Gasteiger partial charge in [0.25, 0.3) is 52.3 Å². The predicted molar refractivity (Wildman–Crippen MR) is 245 cm³/mol. The van der Waals surface area contributed by atoms with Gasteiger partial charge in [-0.05, 0) is 120 Å². The number of carbonyl (C=O) groups excluding carboxylic acids is 2. The summed E-state index contributed by atoms with van der Waals surface area (Å²) >= 11 is 0. The van der Waals surface area contributed by atoms with Gasteiger partial charge in [-0.2, -0.15) is 54.1 Å². The van der Waals surface area contributed by atoms with Crippen molar-refractivity contribution in [3.63, 3.8) is 0 Å². The third-order valence-electron chi connectivity index (χ3n) is 9.83. The van der Waals surface area contributed by atoms with Crippen LogP contribution in [0.2, 0.25) is 0 Å². The maximum absolute atomic E-state index is 13.2. The number of carboxylic acid groups (broad SMARTS) is 2. The topological polar surface area (TPSA) is 400 Å². The Morgan fingerprint density at radius 3 is 1.00 bits per heavy atom. The minimum Gasteiger partial charge on any atom is -0.478 e. The molecule has 0 unspecified atom stereocenters. The van der Waals surface area contributed by atoms with E-state index in [0.29, 0.717) is 12.1 Å². The van der Waals surface area contributed by atoms with Crippen molar-refractivity contribution in [1.29, 1.82) is 0 Å². The van der Waals surface area contributed by atoms with Crippen LogP contribution in [0.4, 0.5) is 34.1 Å². The van der Waals surface area contributed by atoms with Crippen molar-refractivity contribution in [2.45, 2.75) is 19.6 Å². The van der Waals surface area contributed by atoms with Crippen LogP contribution in [0, 0.1) is 0 Å². The number of amides is 2. The monoisotopic (exact) mass is 1030 g/mol. The Hall–Kier alpha value is -8.22. The molecule has 0 bridgehead atoms. The Bertz CT molecular complexity index is 3680. The largest absolute Gasteiger partial charge is 0.478 e. The first-order chi connectivity index (χ1) is 32.6. The first-order valence-corrected chi connectivity index (χ1v) is 24.8. The predicted octanol–water partition coefficient (Wildman–Crippen LogP) is 7.71. The van der Waals surface area contributed by atoms with Gasteiger partial charge in [0.1, 0.15) is 9.79 Å². The maximum Gasteiger partial charge on any atom is 0.337 e. The quantitative estimate of drug-likeness (QED) is 0.0381. The zero-order valence-electron chi connectivity index (χ0n) is 34.6. The molecule has 0 aliphatic carbocycles. The van der Waals surface area contributed by atoms with Crippen molar-refractivity contribution in [1.82, 2.24) is 0 Å². The number of hydrogen-bond donors (Lipinski definition) is 8. The first kappa shape index (κ1) is 49.7. The average Bonchev–Trinajstić information content (AvgIpc) is 3.28. The van der Waals surface area contributed by atoms with Gasteiger partial charge in [-0.15, -0.1) is 0 Å². The number of aromatic carboxylic acids is 2. The van der Waals surface area contributed by atoms with E-state index in [-0.39, 0.29) is 66.8 Å². The third kappa shape index (κ3) is 11.2. The summed E-state index contributed by atoms with van der Waals surface area (Å²) in [5.74, 6) is -4.59. The van der Waals surface area contributed by atoms with Crippen LogP contribution in [-0.2, 0) is 40.5 Å². The number of nitrogens with zero attached hydrogens (tertiary/aromatic N) is 4. The molecule has 7 aromatic rings. The maximum atomic E-state index is 13.2. The molecular weight excluding hydrogens is 1000 g/mol. The van der Waals surface area contributed by atoms with Crippen molar-refractivity contribution in [2.24, 2.45) is 20.5 Å². The van der Waals surface area contributed by atoms with Crippen LogP contribution in [0.25, 0.3) is 21.5 Å². The van der Waals surface area contributed by atoms with Gasteiger partial charge in [-0.25, -0.2) is 9.59 Å². The Morgan fingerprint density at radius 2 is 0.700 bits per heavy atom. The molecule has 0 radical (unpaired) electrons. The Labute approximate surface area is 393 Å². The summed E-state index contributed by atoms with van der Waals surface area (Å²) in [4.78, 5) is 47.5. The minimum atomic E-state index is -5.00. The van der Waals surface area contributed by atoms with Crippen LogP contribution >= 0.6 is 0 Å². The molecule has 0 saturated heterocycles. The number of carboxylic acids is 2. The van der Waals surface area contributed by atoms with Gasteiger partial charge in [-0.3, -0.25) is 27.8 Å². The molecule has 8 N–H and O–H groups in total. The summed E-state index contributed by atoms with van der Waals surface area (Å²) < 4.78 is 133. The van der Waals surface area contributed by atoms with Crippen molar-refractivity contribution in [3.8, 4) is 0 Å². The fraction of sp³-hybridized carbons (Fsp3) is 0. The number of rotatable bonds is 14. The molecule has 24 nitrogen and oxygen atoms in total. The number of azo groups is 2. The summed E-state index contributed by atoms with van der Waals surface area (Å²) in [7, 11) is -19.7. The van der Waals surface area contributed by atoms with Crippen LogP contribution in [-0.4, -0.2) is 85.8 Å². The molecule has 70 heavy (non-hydrogen) atoms. The van der Waals surface area contributed by atoms with E-state index in [2.05, 4.69) is 31.1 Å². The fourth-order valence-electron chi connectivity index (χ4n) is 6.57. The van der Waals surface area contributed by atoms with Crippen molar-refractivity contribution < 1.29 is 81.3 Å². The normalized spacial score (nSPS) is 12.4. The highest BCUT2D eigenvalue weighted by molar-refractivity contribution is 7.87. The summed E-state index contributed by atoms with van der Waals surface area (Å²) in [5.41, 5.74) is -1.43. The molecule has 0 atom stereocenters. The van der Waals surface area contributed by atoms with Gasteiger partial charge >= 0.3 is 11.9 Å². The highest BCUT2D eigenvalue weighted by atomic mass is 32.2. The fourth-order valence-corrected chi connectivity index (χ4v) is 9.27. The van der Waals surface area contributed by atoms with Crippen LogP contribution in [0.1, 0.15) is 41.4 Å². The molecule has 0 aliphatic rings. The molecule has 2 amide bonds. The highest BCUT2D eigenvalue weighted by Gasteiger charge is 2.23. The number of anilines is 2. The summed E-state index contributed by atoms with van der Waals surface area (Å²) in [6.45, 7) is 0. The van der Waals surface area contributed by atoms with E-state index in [0.717, 1.165) is 36.4 Å². The molecule has 0 saturated carbocycles. The van der Waals surface area contributed by atoms with Crippen molar-refractivity contribution in [2.75, 3.05) is 10.6 Å². The molecular formula is C42H28N6O18S4. The summed E-state index contributed by atoms with van der Waals surface area (Å²) in [6, 6.07) is 22.4. The molecule has 28 heteroatoms. The van der Waals surface area contributed by atoms with Gasteiger partial charge in [-0.1, -0.05) is 12.1 Å². The van der Waals surface area contributed by atoms with Gasteiger partial charge in [0.15, 0.2) is 0 Å². The lowest BCUT2D eigenvalue weighted by Gasteiger charge is -2.11. The number of nitrogens with one attached hydrogen (secondary N) is 2. The van der Waals surface area contributed by atoms with E-state index in [9.17, 15) is 81.3 Å². The van der Waals surface area contributed by atoms with Crippen LogP contribution in [0.3, 0.4) is 0 Å². The second-order valence-corrected chi connectivity index (χ2v) is 20.1. The van der Waals surface area contributed by atoms with E-state index >= 15 is 0 Å². The second kappa shape index (κ2) is 18.7. The molecule has 358 valence electrons. The van der Waals surface area contributed by atoms with Crippen LogP contribution < -0.4 is 10.6 Å². The lowest BCUT2D eigenvalue weighted by Crippen LogP contribution is -2.16. The molecule has 7 aromatic carbocycles. The number of hydrogen-bond acceptors (Lipinski definition) is 16. The standard InChI is InChI=1S/C42H28N6O18S4/c49-39(43-35-11-9-27(17-33(35)41(51)52)47-45-25-7-5-23-13-29(67(55,56)57)19-37(31(23)15-25)69(61,62)63)21-1-2-22(4-3-21)40(50)44-36-12-10-28(18-34(36)42(53)54)48-46-26-8-6-24-14-30(68(58,59)60)20-38(32(24)16-26)70(64,65)66/h1-20H,(H,43,49)(H,44,50)(H,51,52)(H,53,54)(H,55,56,57)(H,58,59,60)(H,61,62,63)(H,64,65,66)/b47-45+,48-46+. The molecule has 0 fully saturated rings. The van der Waals surface area contributed by atoms with Crippen molar-refractivity contribution in [3.05, 3.63) is 144 Å². The molecule has 0 aromatic heterocycles. The van der Waals surface area contributed by atoms with Gasteiger partial charge in [0, 0.05) is 21.9 Å². The van der Waals surface area contributed by atoms with E-state index in [1.54, 1.807) is 0 Å². The Kier molecular flexibility index (Phi) is 13.3. The third-order valence-corrected chi connectivity index (χ3v) is 13.3. The Morgan fingerprint density at radius 1 is 0.386 bits per heavy atom. The van der Waals surface area contributed by atoms with Gasteiger partial charge < -0.3 is 20.8 Å². The number of fused-ring (bicyclic) bond motifs is 2. The molecule has 0 heterocycles. The zero-order valence-corrected chi connectivity index (χ0v) is 37.8. The average molecular weight is 1030 g/mol. The second-order valence-electron chi connectivity index (χ2n) is 14.5. The van der Waals surface area contributed by atoms with E-state index in [4.69, 9.17) is 0 Å². The van der Waals surface area contributed by atoms with Gasteiger partial charge in [0.2, 0.25) is 0 Å². The lowest BCUT2D eigenvalue weighted by molar-refractivity contribution is 0.0687. The van der Waals surface area contributed by atoms with Crippen molar-refractivity contribution >= 4 is 120 Å². The highest BCUT2D eigenvalue weighted by Crippen LogP contribution is 2.34. The van der Waals surface area contributed by atoms with Gasteiger partial charge in [0.05, 0.1) is 55.0 Å². The zero-order chi connectivity index (χ0) is 51.1. The summed E-state index contributed by atoms with van der Waals surface area (Å²) in [5, 5.41) is 40.2. The SMILES string of the molecule is O=C(Nc1ccc(/N=N/c2ccc3cc(S(=O)(=O)O)cc(S(=O)(=O)O)c3c2)cc1C(=O)O)c1ccc(C(=O)Nc2ccc(/N=N/c3ccc4cc(S(=O)(=O)O)cc(S(=O)(=O)O)c4c3)cc2C(=O)O)cc1. The minimum absolute atomic E-state index is 0.00882. The lowest BCUT2D eigenvalue weighted by atomic mass is 10.1. The van der Waals surface area contributed by atoms with Crippen LogP contribution in [0.15, 0.2) is 161 Å². The van der Waals surface area contributed by atoms with E-state index in [1.807, 2.05) is 0 Å². The molecule has 0 aliphatic heterocycles.